The monoisotopic (exact) mass is 221 g/mol. The molecule has 3 heteroatoms. The van der Waals surface area contributed by atoms with Crippen molar-refractivity contribution in [1.29, 1.82) is 0 Å². The van der Waals surface area contributed by atoms with Gasteiger partial charge in [0.05, 0.1) is 0 Å². The largest absolute Gasteiger partial charge is 0.480 e. The van der Waals surface area contributed by atoms with E-state index in [2.05, 4.69) is 6.07 Å². The number of carboxylic acids is 1. The van der Waals surface area contributed by atoms with Crippen molar-refractivity contribution < 1.29 is 9.90 Å². The van der Waals surface area contributed by atoms with Gasteiger partial charge in [0.1, 0.15) is 6.04 Å². The summed E-state index contributed by atoms with van der Waals surface area (Å²) < 4.78 is 0. The lowest BCUT2D eigenvalue weighted by Gasteiger charge is -2.28. The van der Waals surface area contributed by atoms with Gasteiger partial charge < -0.3 is 10.0 Å². The predicted octanol–water partition coefficient (Wildman–Crippen LogP) is 2.60. The summed E-state index contributed by atoms with van der Waals surface area (Å²) in [5.41, 5.74) is 3.32. The van der Waals surface area contributed by atoms with Gasteiger partial charge in [0.25, 0.3) is 0 Å². The summed E-state index contributed by atoms with van der Waals surface area (Å²) in [6.07, 6.45) is 0. The third kappa shape index (κ3) is 2.54. The fourth-order valence-electron chi connectivity index (χ4n) is 1.91. The zero-order chi connectivity index (χ0) is 12.3. The second kappa shape index (κ2) is 5.01. The molecule has 0 bridgehead atoms. The lowest BCUT2D eigenvalue weighted by Crippen LogP contribution is -2.39. The molecule has 1 atom stereocenters. The van der Waals surface area contributed by atoms with E-state index in [0.29, 0.717) is 6.54 Å². The Kier molecular flexibility index (Phi) is 3.93. The van der Waals surface area contributed by atoms with Gasteiger partial charge in [-0.05, 0) is 39.3 Å². The molecule has 1 N–H and O–H groups in total. The zero-order valence-electron chi connectivity index (χ0n) is 10.3. The number of hydrogen-bond donors (Lipinski definition) is 1. The highest BCUT2D eigenvalue weighted by Gasteiger charge is 2.20. The minimum atomic E-state index is -0.790. The Bertz CT molecular complexity index is 388. The summed E-state index contributed by atoms with van der Waals surface area (Å²) in [5, 5.41) is 9.05. The van der Waals surface area contributed by atoms with Crippen molar-refractivity contribution >= 4 is 11.7 Å². The van der Waals surface area contributed by atoms with Gasteiger partial charge in [0.2, 0.25) is 0 Å². The lowest BCUT2D eigenvalue weighted by molar-refractivity contribution is -0.138. The molecule has 3 nitrogen and oxygen atoms in total. The van der Waals surface area contributed by atoms with Crippen molar-refractivity contribution in [3.05, 3.63) is 29.3 Å². The van der Waals surface area contributed by atoms with Crippen LogP contribution in [0.2, 0.25) is 0 Å². The highest BCUT2D eigenvalue weighted by Crippen LogP contribution is 2.22. The van der Waals surface area contributed by atoms with E-state index in [1.54, 1.807) is 6.92 Å². The van der Waals surface area contributed by atoms with E-state index in [4.69, 9.17) is 5.11 Å². The first-order valence-corrected chi connectivity index (χ1v) is 5.54. The summed E-state index contributed by atoms with van der Waals surface area (Å²) in [6, 6.07) is 5.59. The average molecular weight is 221 g/mol. The second-order valence-electron chi connectivity index (χ2n) is 4.09. The molecule has 1 aromatic carbocycles. The third-order valence-electron chi connectivity index (χ3n) is 2.83. The SMILES string of the molecule is CCN(c1ccc(C)cc1C)C(C)C(=O)O. The number of rotatable bonds is 4. The fourth-order valence-corrected chi connectivity index (χ4v) is 1.91. The quantitative estimate of drug-likeness (QED) is 0.849. The molecule has 16 heavy (non-hydrogen) atoms. The first kappa shape index (κ1) is 12.6. The van der Waals surface area contributed by atoms with Crippen LogP contribution in [-0.2, 0) is 4.79 Å². The van der Waals surface area contributed by atoms with Gasteiger partial charge in [-0.25, -0.2) is 4.79 Å². The number of anilines is 1. The Morgan fingerprint density at radius 3 is 2.50 bits per heavy atom. The van der Waals surface area contributed by atoms with Crippen molar-refractivity contribution in [2.24, 2.45) is 0 Å². The van der Waals surface area contributed by atoms with Gasteiger partial charge in [-0.3, -0.25) is 0 Å². The summed E-state index contributed by atoms with van der Waals surface area (Å²) in [6.45, 7) is 8.43. The van der Waals surface area contributed by atoms with E-state index in [-0.39, 0.29) is 0 Å². The van der Waals surface area contributed by atoms with E-state index >= 15 is 0 Å². The number of nitrogens with zero attached hydrogens (tertiary/aromatic N) is 1. The third-order valence-corrected chi connectivity index (χ3v) is 2.83. The highest BCUT2D eigenvalue weighted by atomic mass is 16.4. The van der Waals surface area contributed by atoms with Gasteiger partial charge in [0.15, 0.2) is 0 Å². The molecule has 0 aliphatic rings. The van der Waals surface area contributed by atoms with Crippen LogP contribution < -0.4 is 4.90 Å². The van der Waals surface area contributed by atoms with Crippen molar-refractivity contribution in [2.75, 3.05) is 11.4 Å². The molecule has 0 amide bonds. The standard InChI is InChI=1S/C13H19NO2/c1-5-14(11(4)13(15)16)12-7-6-9(2)8-10(12)3/h6-8,11H,5H2,1-4H3,(H,15,16). The Balaban J connectivity index is 3.08. The van der Waals surface area contributed by atoms with Crippen molar-refractivity contribution in [2.45, 2.75) is 33.7 Å². The predicted molar refractivity (Wildman–Crippen MR) is 66.0 cm³/mol. The van der Waals surface area contributed by atoms with Crippen molar-refractivity contribution in [3.8, 4) is 0 Å². The van der Waals surface area contributed by atoms with Crippen molar-refractivity contribution in [1.82, 2.24) is 0 Å². The van der Waals surface area contributed by atoms with Gasteiger partial charge in [-0.2, -0.15) is 0 Å². The van der Waals surface area contributed by atoms with Crippen LogP contribution in [0.1, 0.15) is 25.0 Å². The van der Waals surface area contributed by atoms with E-state index in [0.717, 1.165) is 11.3 Å². The first-order chi connectivity index (χ1) is 7.47. The molecule has 0 spiro atoms. The normalized spacial score (nSPS) is 12.2. The van der Waals surface area contributed by atoms with Crippen LogP contribution in [0.5, 0.6) is 0 Å². The van der Waals surface area contributed by atoms with Gasteiger partial charge in [0, 0.05) is 12.2 Å². The Labute approximate surface area is 96.7 Å². The summed E-state index contributed by atoms with van der Waals surface area (Å²) in [7, 11) is 0. The molecular formula is C13H19NO2. The topological polar surface area (TPSA) is 40.5 Å². The highest BCUT2D eigenvalue weighted by molar-refractivity contribution is 5.78. The van der Waals surface area contributed by atoms with Gasteiger partial charge in [-0.15, -0.1) is 0 Å². The van der Waals surface area contributed by atoms with Crippen LogP contribution in [0.15, 0.2) is 18.2 Å². The molecular weight excluding hydrogens is 202 g/mol. The first-order valence-electron chi connectivity index (χ1n) is 5.54. The molecule has 0 saturated heterocycles. The van der Waals surface area contributed by atoms with E-state index < -0.39 is 12.0 Å². The smallest absolute Gasteiger partial charge is 0.326 e. The van der Waals surface area contributed by atoms with Crippen molar-refractivity contribution in [3.63, 3.8) is 0 Å². The molecule has 0 aliphatic carbocycles. The number of likely N-dealkylation sites (N-methyl/N-ethyl adjacent to an activating group) is 1. The van der Waals surface area contributed by atoms with Crippen LogP contribution in [0.25, 0.3) is 0 Å². The molecule has 0 radical (unpaired) electrons. The minimum Gasteiger partial charge on any atom is -0.480 e. The number of hydrogen-bond acceptors (Lipinski definition) is 2. The molecule has 1 aromatic rings. The van der Waals surface area contributed by atoms with Crippen LogP contribution in [0.3, 0.4) is 0 Å². The molecule has 0 saturated carbocycles. The Morgan fingerprint density at radius 1 is 1.44 bits per heavy atom. The maximum atomic E-state index is 11.0. The van der Waals surface area contributed by atoms with Crippen LogP contribution in [0.4, 0.5) is 5.69 Å². The van der Waals surface area contributed by atoms with E-state index in [1.807, 2.05) is 37.8 Å². The lowest BCUT2D eigenvalue weighted by atomic mass is 10.1. The summed E-state index contributed by atoms with van der Waals surface area (Å²) in [5.74, 6) is -0.790. The molecule has 0 heterocycles. The number of aryl methyl sites for hydroxylation is 2. The number of benzene rings is 1. The fraction of sp³-hybridized carbons (Fsp3) is 0.462. The Morgan fingerprint density at radius 2 is 2.06 bits per heavy atom. The van der Waals surface area contributed by atoms with Crippen LogP contribution >= 0.6 is 0 Å². The number of carbonyl (C=O) groups is 1. The number of aliphatic carboxylic acids is 1. The van der Waals surface area contributed by atoms with E-state index in [1.165, 1.54) is 5.56 Å². The number of carboxylic acid groups (broad SMARTS) is 1. The van der Waals surface area contributed by atoms with Gasteiger partial charge >= 0.3 is 5.97 Å². The van der Waals surface area contributed by atoms with Crippen LogP contribution in [-0.4, -0.2) is 23.7 Å². The summed E-state index contributed by atoms with van der Waals surface area (Å²) >= 11 is 0. The average Bonchev–Trinajstić information content (AvgIpc) is 2.21. The molecule has 88 valence electrons. The zero-order valence-corrected chi connectivity index (χ0v) is 10.3. The molecule has 0 fully saturated rings. The van der Waals surface area contributed by atoms with E-state index in [9.17, 15) is 4.79 Å². The molecule has 0 aliphatic heterocycles. The molecule has 1 rings (SSSR count). The maximum absolute atomic E-state index is 11.0. The van der Waals surface area contributed by atoms with Crippen LogP contribution in [0, 0.1) is 13.8 Å². The van der Waals surface area contributed by atoms with Gasteiger partial charge in [-0.1, -0.05) is 17.7 Å². The Hall–Kier alpha value is -1.51. The molecule has 0 aromatic heterocycles. The maximum Gasteiger partial charge on any atom is 0.326 e. The summed E-state index contributed by atoms with van der Waals surface area (Å²) in [4.78, 5) is 12.9. The molecule has 1 unspecified atom stereocenters. The minimum absolute atomic E-state index is 0.494. The second-order valence-corrected chi connectivity index (χ2v) is 4.09.